The standard InChI is InChI=1S/C7H13NO3.C3HN/c1-9-6-3-4-7(5-8,10-2)11-6;1-2-3-4/h3-4,6H,5,8H2,1-2H3;1H. The zero-order chi connectivity index (χ0) is 11.7. The third-order valence-electron chi connectivity index (χ3n) is 1.75. The molecule has 5 nitrogen and oxygen atoms in total. The lowest BCUT2D eigenvalue weighted by atomic mass is 10.3. The van der Waals surface area contributed by atoms with Crippen molar-refractivity contribution in [3.8, 4) is 18.4 Å². The van der Waals surface area contributed by atoms with Crippen LogP contribution in [0.15, 0.2) is 12.2 Å². The van der Waals surface area contributed by atoms with Gasteiger partial charge in [-0.15, -0.1) is 6.42 Å². The molecule has 1 aliphatic rings. The van der Waals surface area contributed by atoms with Gasteiger partial charge in [0.05, 0.1) is 6.54 Å². The summed E-state index contributed by atoms with van der Waals surface area (Å²) in [6.07, 6.45) is 7.62. The summed E-state index contributed by atoms with van der Waals surface area (Å²) in [4.78, 5) is 0. The Hall–Kier alpha value is -1.37. The summed E-state index contributed by atoms with van der Waals surface area (Å²) >= 11 is 0. The van der Waals surface area contributed by atoms with Gasteiger partial charge < -0.3 is 19.9 Å². The molecule has 1 rings (SSSR count). The molecule has 0 aromatic carbocycles. The molecule has 0 spiro atoms. The number of terminal acetylenes is 1. The third-order valence-corrected chi connectivity index (χ3v) is 1.75. The van der Waals surface area contributed by atoms with Gasteiger partial charge in [-0.25, -0.2) is 0 Å². The molecule has 1 heterocycles. The Balaban J connectivity index is 0.000000423. The maximum Gasteiger partial charge on any atom is 0.203 e. The van der Waals surface area contributed by atoms with Gasteiger partial charge in [-0.2, -0.15) is 5.26 Å². The highest BCUT2D eigenvalue weighted by atomic mass is 16.8. The van der Waals surface area contributed by atoms with Crippen LogP contribution in [-0.2, 0) is 14.2 Å². The van der Waals surface area contributed by atoms with E-state index in [9.17, 15) is 0 Å². The molecule has 0 radical (unpaired) electrons. The fourth-order valence-electron chi connectivity index (χ4n) is 0.943. The van der Waals surface area contributed by atoms with E-state index in [0.29, 0.717) is 6.54 Å². The van der Waals surface area contributed by atoms with Crippen LogP contribution in [0.5, 0.6) is 0 Å². The second-order valence-corrected chi connectivity index (χ2v) is 2.56. The van der Waals surface area contributed by atoms with E-state index in [-0.39, 0.29) is 6.29 Å². The molecule has 0 aromatic rings. The zero-order valence-corrected chi connectivity index (χ0v) is 8.77. The van der Waals surface area contributed by atoms with Gasteiger partial charge in [-0.3, -0.25) is 0 Å². The lowest BCUT2D eigenvalue weighted by molar-refractivity contribution is -0.236. The monoisotopic (exact) mass is 210 g/mol. The number of nitrogens with zero attached hydrogens (tertiary/aromatic N) is 1. The summed E-state index contributed by atoms with van der Waals surface area (Å²) in [7, 11) is 3.12. The molecular formula is C10H14N2O3. The fourth-order valence-corrected chi connectivity index (χ4v) is 0.943. The minimum Gasteiger partial charge on any atom is -0.352 e. The van der Waals surface area contributed by atoms with E-state index in [1.165, 1.54) is 6.07 Å². The first-order valence-corrected chi connectivity index (χ1v) is 4.18. The molecule has 15 heavy (non-hydrogen) atoms. The maximum atomic E-state index is 7.39. The molecule has 82 valence electrons. The maximum absolute atomic E-state index is 7.39. The van der Waals surface area contributed by atoms with E-state index >= 15 is 0 Å². The summed E-state index contributed by atoms with van der Waals surface area (Å²) in [5, 5.41) is 7.39. The minimum absolute atomic E-state index is 0.292. The molecule has 0 fully saturated rings. The smallest absolute Gasteiger partial charge is 0.203 e. The highest BCUT2D eigenvalue weighted by Crippen LogP contribution is 2.22. The van der Waals surface area contributed by atoms with Gasteiger partial charge in [-0.1, -0.05) is 0 Å². The highest BCUT2D eigenvalue weighted by Gasteiger charge is 2.34. The van der Waals surface area contributed by atoms with Gasteiger partial charge in [0.1, 0.15) is 0 Å². The van der Waals surface area contributed by atoms with Crippen LogP contribution in [0, 0.1) is 23.7 Å². The van der Waals surface area contributed by atoms with Crippen LogP contribution < -0.4 is 5.73 Å². The molecule has 0 saturated heterocycles. The van der Waals surface area contributed by atoms with Crippen molar-refractivity contribution >= 4 is 0 Å². The Morgan fingerprint density at radius 2 is 2.27 bits per heavy atom. The number of hydrogen-bond acceptors (Lipinski definition) is 5. The van der Waals surface area contributed by atoms with Gasteiger partial charge in [-0.05, 0) is 12.2 Å². The van der Waals surface area contributed by atoms with Crippen LogP contribution in [0.4, 0.5) is 0 Å². The Labute approximate surface area is 89.4 Å². The lowest BCUT2D eigenvalue weighted by Gasteiger charge is -2.24. The quantitative estimate of drug-likeness (QED) is 0.523. The molecule has 0 aromatic heterocycles. The molecule has 0 bridgehead atoms. The molecular weight excluding hydrogens is 196 g/mol. The second-order valence-electron chi connectivity index (χ2n) is 2.56. The predicted molar refractivity (Wildman–Crippen MR) is 54.3 cm³/mol. The van der Waals surface area contributed by atoms with Gasteiger partial charge in [0.2, 0.25) is 5.79 Å². The second kappa shape index (κ2) is 6.99. The van der Waals surface area contributed by atoms with Crippen molar-refractivity contribution in [3.05, 3.63) is 12.2 Å². The summed E-state index contributed by atoms with van der Waals surface area (Å²) in [6.45, 7) is 0.292. The first kappa shape index (κ1) is 13.6. The Kier molecular flexibility index (Phi) is 6.35. The number of ether oxygens (including phenoxy) is 3. The fraction of sp³-hybridized carbons (Fsp3) is 0.500. The number of methoxy groups -OCH3 is 2. The van der Waals surface area contributed by atoms with E-state index in [2.05, 4.69) is 6.42 Å². The molecule has 2 unspecified atom stereocenters. The highest BCUT2D eigenvalue weighted by molar-refractivity contribution is 5.08. The number of nitrogens with two attached hydrogens (primary N) is 1. The van der Waals surface area contributed by atoms with Crippen molar-refractivity contribution < 1.29 is 14.2 Å². The molecule has 2 N–H and O–H groups in total. The summed E-state index contributed by atoms with van der Waals surface area (Å²) in [6, 6.07) is 1.46. The van der Waals surface area contributed by atoms with E-state index in [1.54, 1.807) is 32.3 Å². The van der Waals surface area contributed by atoms with Crippen molar-refractivity contribution in [2.24, 2.45) is 5.73 Å². The average molecular weight is 210 g/mol. The van der Waals surface area contributed by atoms with Crippen LogP contribution in [0.25, 0.3) is 0 Å². The lowest BCUT2D eigenvalue weighted by Crippen LogP contribution is -2.40. The van der Waals surface area contributed by atoms with E-state index in [4.69, 9.17) is 25.2 Å². The van der Waals surface area contributed by atoms with Crippen LogP contribution in [0.2, 0.25) is 0 Å². The predicted octanol–water partition coefficient (Wildman–Crippen LogP) is -0.0101. The SMILES string of the molecule is C#CC#N.COC1C=CC(CN)(OC)O1. The number of rotatable bonds is 3. The first-order chi connectivity index (χ1) is 7.17. The molecule has 0 aliphatic carbocycles. The van der Waals surface area contributed by atoms with Crippen molar-refractivity contribution in [3.63, 3.8) is 0 Å². The van der Waals surface area contributed by atoms with Crippen LogP contribution in [0.1, 0.15) is 0 Å². The Morgan fingerprint density at radius 1 is 1.67 bits per heavy atom. The largest absolute Gasteiger partial charge is 0.352 e. The van der Waals surface area contributed by atoms with Crippen LogP contribution in [0.3, 0.4) is 0 Å². The number of hydrogen-bond donors (Lipinski definition) is 1. The molecule has 5 heteroatoms. The van der Waals surface area contributed by atoms with Gasteiger partial charge in [0, 0.05) is 20.1 Å². The van der Waals surface area contributed by atoms with Crippen molar-refractivity contribution in [1.82, 2.24) is 0 Å². The van der Waals surface area contributed by atoms with Gasteiger partial charge >= 0.3 is 0 Å². The first-order valence-electron chi connectivity index (χ1n) is 4.18. The average Bonchev–Trinajstić information content (AvgIpc) is 2.74. The molecule has 1 aliphatic heterocycles. The Bertz CT molecular complexity index is 272. The molecule has 0 saturated carbocycles. The summed E-state index contributed by atoms with van der Waals surface area (Å²) in [5.74, 6) is 0.959. The molecule has 2 atom stereocenters. The molecule has 0 amide bonds. The van der Waals surface area contributed by atoms with Gasteiger partial charge in [0.25, 0.3) is 0 Å². The van der Waals surface area contributed by atoms with E-state index in [0.717, 1.165) is 0 Å². The summed E-state index contributed by atoms with van der Waals surface area (Å²) < 4.78 is 15.3. The zero-order valence-electron chi connectivity index (χ0n) is 8.77. The normalized spacial score (nSPS) is 27.4. The van der Waals surface area contributed by atoms with Crippen molar-refractivity contribution in [2.75, 3.05) is 20.8 Å². The van der Waals surface area contributed by atoms with Crippen molar-refractivity contribution in [2.45, 2.75) is 12.1 Å². The number of nitriles is 1. The topological polar surface area (TPSA) is 77.5 Å². The van der Waals surface area contributed by atoms with Crippen molar-refractivity contribution in [1.29, 1.82) is 5.26 Å². The minimum atomic E-state index is -0.777. The van der Waals surface area contributed by atoms with E-state index < -0.39 is 5.79 Å². The van der Waals surface area contributed by atoms with Crippen LogP contribution >= 0.6 is 0 Å². The third kappa shape index (κ3) is 4.11. The van der Waals surface area contributed by atoms with E-state index in [1.807, 2.05) is 0 Å². The van der Waals surface area contributed by atoms with Gasteiger partial charge in [0.15, 0.2) is 12.4 Å². The Morgan fingerprint density at radius 3 is 2.47 bits per heavy atom. The summed E-state index contributed by atoms with van der Waals surface area (Å²) in [5.41, 5.74) is 5.44. The van der Waals surface area contributed by atoms with Crippen LogP contribution in [-0.4, -0.2) is 32.8 Å².